The van der Waals surface area contributed by atoms with Crippen LogP contribution in [0.1, 0.15) is 21.4 Å². The van der Waals surface area contributed by atoms with Crippen molar-refractivity contribution in [2.24, 2.45) is 0 Å². The number of hydrogen-bond acceptors (Lipinski definition) is 3. The van der Waals surface area contributed by atoms with Gasteiger partial charge in [-0.05, 0) is 28.5 Å². The minimum absolute atomic E-state index is 0.0566. The molecule has 3 heterocycles. The highest BCUT2D eigenvalue weighted by atomic mass is 32.1. The first kappa shape index (κ1) is 19.3. The average Bonchev–Trinajstić information content (AvgIpc) is 3.43. The highest BCUT2D eigenvalue weighted by molar-refractivity contribution is 7.10. The van der Waals surface area contributed by atoms with Gasteiger partial charge in [0, 0.05) is 4.88 Å². The van der Waals surface area contributed by atoms with Gasteiger partial charge in [0.05, 0.1) is 10.9 Å². The lowest BCUT2D eigenvalue weighted by atomic mass is 10.1. The molecule has 1 fully saturated rings. The Balaban J connectivity index is 1.31. The van der Waals surface area contributed by atoms with Crippen molar-refractivity contribution in [3.8, 4) is 0 Å². The number of nitrogens with one attached hydrogen (secondary N) is 3. The van der Waals surface area contributed by atoms with Crippen LogP contribution in [0.2, 0.25) is 0 Å². The van der Waals surface area contributed by atoms with Gasteiger partial charge in [-0.1, -0.05) is 42.5 Å². The van der Waals surface area contributed by atoms with Crippen molar-refractivity contribution in [2.75, 3.05) is 32.7 Å². The summed E-state index contributed by atoms with van der Waals surface area (Å²) in [4.78, 5) is 18.5. The SMILES string of the molecule is O=C(C[NH+]1CC[NH+](Cc2cccs2)CC1)N[C@@H](c1ccccc1)c1cccs1. The van der Waals surface area contributed by atoms with Gasteiger partial charge in [-0.3, -0.25) is 4.79 Å². The Morgan fingerprint density at radius 3 is 2.29 bits per heavy atom. The van der Waals surface area contributed by atoms with Crippen LogP contribution in [0, 0.1) is 0 Å². The second-order valence-electron chi connectivity index (χ2n) is 7.36. The molecule has 6 heteroatoms. The third-order valence-electron chi connectivity index (χ3n) is 5.35. The van der Waals surface area contributed by atoms with Crippen molar-refractivity contribution in [1.82, 2.24) is 5.32 Å². The van der Waals surface area contributed by atoms with Crippen LogP contribution >= 0.6 is 22.7 Å². The molecule has 4 rings (SSSR count). The first-order valence-electron chi connectivity index (χ1n) is 9.85. The minimum Gasteiger partial charge on any atom is -0.339 e. The van der Waals surface area contributed by atoms with Crippen LogP contribution in [-0.2, 0) is 11.3 Å². The Morgan fingerprint density at radius 2 is 1.61 bits per heavy atom. The molecule has 3 aromatic rings. The number of amides is 1. The number of quaternary nitrogens is 2. The van der Waals surface area contributed by atoms with Gasteiger partial charge < -0.3 is 15.1 Å². The maximum Gasteiger partial charge on any atom is 0.275 e. The second-order valence-corrected chi connectivity index (χ2v) is 9.37. The van der Waals surface area contributed by atoms with E-state index in [1.165, 1.54) is 14.7 Å². The molecule has 0 radical (unpaired) electrons. The molecule has 3 N–H and O–H groups in total. The van der Waals surface area contributed by atoms with Crippen LogP contribution in [0.4, 0.5) is 0 Å². The van der Waals surface area contributed by atoms with Gasteiger partial charge in [0.15, 0.2) is 6.54 Å². The molecule has 146 valence electrons. The third kappa shape index (κ3) is 5.08. The molecule has 1 aliphatic heterocycles. The van der Waals surface area contributed by atoms with Crippen LogP contribution in [0.3, 0.4) is 0 Å². The van der Waals surface area contributed by atoms with Gasteiger partial charge in [0.2, 0.25) is 0 Å². The van der Waals surface area contributed by atoms with E-state index < -0.39 is 0 Å². The Bertz CT molecular complexity index is 841. The van der Waals surface area contributed by atoms with Crippen molar-refractivity contribution >= 4 is 28.6 Å². The fourth-order valence-electron chi connectivity index (χ4n) is 3.83. The van der Waals surface area contributed by atoms with E-state index in [0.717, 1.165) is 38.3 Å². The van der Waals surface area contributed by atoms with Gasteiger partial charge in [0.1, 0.15) is 32.7 Å². The van der Waals surface area contributed by atoms with Crippen LogP contribution in [0.5, 0.6) is 0 Å². The standard InChI is InChI=1S/C22H25N3OS2/c26-21(17-25-12-10-24(11-13-25)16-19-8-4-14-27-19)23-22(20-9-5-15-28-20)18-6-2-1-3-7-18/h1-9,14-15,22H,10-13,16-17H2,(H,23,26)/p+2/t22-/m0/s1. The molecule has 1 atom stereocenters. The van der Waals surface area contributed by atoms with E-state index in [-0.39, 0.29) is 11.9 Å². The maximum absolute atomic E-state index is 12.8. The molecule has 1 aromatic carbocycles. The summed E-state index contributed by atoms with van der Waals surface area (Å²) in [5.74, 6) is 0.138. The van der Waals surface area contributed by atoms with E-state index in [2.05, 4.69) is 46.4 Å². The van der Waals surface area contributed by atoms with Gasteiger partial charge in [-0.15, -0.1) is 22.7 Å². The monoisotopic (exact) mass is 413 g/mol. The quantitative estimate of drug-likeness (QED) is 0.531. The smallest absolute Gasteiger partial charge is 0.275 e. The van der Waals surface area contributed by atoms with E-state index in [9.17, 15) is 4.79 Å². The number of thiophene rings is 2. The Hall–Kier alpha value is -1.99. The van der Waals surface area contributed by atoms with Gasteiger partial charge in [-0.2, -0.15) is 0 Å². The highest BCUT2D eigenvalue weighted by Gasteiger charge is 2.26. The highest BCUT2D eigenvalue weighted by Crippen LogP contribution is 2.25. The van der Waals surface area contributed by atoms with E-state index in [0.29, 0.717) is 6.54 Å². The zero-order valence-corrected chi connectivity index (χ0v) is 17.5. The largest absolute Gasteiger partial charge is 0.339 e. The Labute approximate surface area is 174 Å². The normalized spacial score (nSPS) is 20.6. The summed E-state index contributed by atoms with van der Waals surface area (Å²) in [7, 11) is 0. The van der Waals surface area contributed by atoms with E-state index in [1.54, 1.807) is 16.2 Å². The molecule has 4 nitrogen and oxygen atoms in total. The molecule has 1 saturated heterocycles. The molecule has 0 saturated carbocycles. The molecule has 0 aliphatic carbocycles. The summed E-state index contributed by atoms with van der Waals surface area (Å²) in [5.41, 5.74) is 1.14. The zero-order valence-electron chi connectivity index (χ0n) is 15.9. The minimum atomic E-state index is -0.0566. The van der Waals surface area contributed by atoms with E-state index in [4.69, 9.17) is 0 Å². The van der Waals surface area contributed by atoms with Crippen molar-refractivity contribution < 1.29 is 14.6 Å². The van der Waals surface area contributed by atoms with Crippen molar-refractivity contribution in [3.05, 3.63) is 80.7 Å². The molecule has 0 spiro atoms. The number of carbonyl (C=O) groups excluding carboxylic acids is 1. The molecule has 0 bridgehead atoms. The van der Waals surface area contributed by atoms with Gasteiger partial charge >= 0.3 is 0 Å². The molecule has 2 aromatic heterocycles. The lowest BCUT2D eigenvalue weighted by Crippen LogP contribution is -3.28. The van der Waals surface area contributed by atoms with E-state index in [1.807, 2.05) is 35.6 Å². The fraction of sp³-hybridized carbons (Fsp3) is 0.318. The van der Waals surface area contributed by atoms with Gasteiger partial charge in [-0.25, -0.2) is 0 Å². The predicted octanol–water partition coefficient (Wildman–Crippen LogP) is 0.999. The predicted molar refractivity (Wildman–Crippen MR) is 115 cm³/mol. The summed E-state index contributed by atoms with van der Waals surface area (Å²) in [5, 5.41) is 7.49. The molecule has 1 amide bonds. The number of piperazine rings is 1. The molecule has 1 aliphatic rings. The summed E-state index contributed by atoms with van der Waals surface area (Å²) in [6, 6.07) is 18.7. The topological polar surface area (TPSA) is 38.0 Å². The first-order chi connectivity index (χ1) is 13.8. The summed E-state index contributed by atoms with van der Waals surface area (Å²) < 4.78 is 0. The molecular weight excluding hydrogens is 386 g/mol. The third-order valence-corrected chi connectivity index (χ3v) is 7.16. The van der Waals surface area contributed by atoms with Crippen LogP contribution in [0.25, 0.3) is 0 Å². The number of benzene rings is 1. The lowest BCUT2D eigenvalue weighted by Gasteiger charge is -2.29. The summed E-state index contributed by atoms with van der Waals surface area (Å²) in [6.45, 7) is 6.06. The van der Waals surface area contributed by atoms with Crippen molar-refractivity contribution in [2.45, 2.75) is 12.6 Å². The van der Waals surface area contributed by atoms with E-state index >= 15 is 0 Å². The summed E-state index contributed by atoms with van der Waals surface area (Å²) >= 11 is 3.53. The lowest BCUT2D eigenvalue weighted by molar-refractivity contribution is -1.01. The number of hydrogen-bond donors (Lipinski definition) is 3. The summed E-state index contributed by atoms with van der Waals surface area (Å²) in [6.07, 6.45) is 0. The zero-order chi connectivity index (χ0) is 19.2. The number of rotatable bonds is 7. The number of carbonyl (C=O) groups is 1. The Kier molecular flexibility index (Phi) is 6.54. The van der Waals surface area contributed by atoms with Crippen LogP contribution < -0.4 is 15.1 Å². The average molecular weight is 414 g/mol. The van der Waals surface area contributed by atoms with Gasteiger partial charge in [0.25, 0.3) is 5.91 Å². The van der Waals surface area contributed by atoms with Crippen LogP contribution in [-0.4, -0.2) is 38.6 Å². The molecular formula is C22H27N3OS2+2. The van der Waals surface area contributed by atoms with Crippen molar-refractivity contribution in [1.29, 1.82) is 0 Å². The maximum atomic E-state index is 12.8. The molecule has 0 unspecified atom stereocenters. The first-order valence-corrected chi connectivity index (χ1v) is 11.6. The van der Waals surface area contributed by atoms with Crippen molar-refractivity contribution in [3.63, 3.8) is 0 Å². The fourth-order valence-corrected chi connectivity index (χ4v) is 5.41. The Morgan fingerprint density at radius 1 is 0.893 bits per heavy atom. The molecule has 28 heavy (non-hydrogen) atoms. The van der Waals surface area contributed by atoms with Crippen LogP contribution in [0.15, 0.2) is 65.4 Å². The second kappa shape index (κ2) is 9.47.